The van der Waals surface area contributed by atoms with E-state index in [1.54, 1.807) is 0 Å². The van der Waals surface area contributed by atoms with Crippen LogP contribution < -0.4 is 0 Å². The molecular formula is H4Mg2O4. The molecule has 0 saturated heterocycles. The van der Waals surface area contributed by atoms with Crippen LogP contribution in [-0.2, 0) is 0 Å². The monoisotopic (exact) mass is 116 g/mol. The normalized spacial score (nSPS) is 0. The van der Waals surface area contributed by atoms with E-state index < -0.39 is 0 Å². The summed E-state index contributed by atoms with van der Waals surface area (Å²) in [4.78, 5) is 0. The van der Waals surface area contributed by atoms with E-state index >= 15 is 0 Å². The van der Waals surface area contributed by atoms with Crippen molar-refractivity contribution in [2.24, 2.45) is 0 Å². The van der Waals surface area contributed by atoms with Gasteiger partial charge < -0.3 is 21.9 Å². The van der Waals surface area contributed by atoms with Crippen molar-refractivity contribution in [3.8, 4) is 0 Å². The molecule has 0 rings (SSSR count). The second-order valence-electron chi connectivity index (χ2n) is 0. The van der Waals surface area contributed by atoms with Gasteiger partial charge in [0.25, 0.3) is 0 Å². The molecule has 6 heavy (non-hydrogen) atoms. The van der Waals surface area contributed by atoms with E-state index in [1.165, 1.54) is 0 Å². The molecule has 4 nitrogen and oxygen atoms in total. The predicted octanol–water partition coefficient (Wildman–Crippen LogP) is -1.47. The molecule has 0 amide bonds. The van der Waals surface area contributed by atoms with E-state index in [2.05, 4.69) is 0 Å². The Hall–Kier alpha value is 1.37. The van der Waals surface area contributed by atoms with Crippen molar-refractivity contribution >= 4 is 46.1 Å². The summed E-state index contributed by atoms with van der Waals surface area (Å²) in [6.07, 6.45) is 0. The Bertz CT molecular complexity index is 5.51. The van der Waals surface area contributed by atoms with Crippen molar-refractivity contribution in [1.29, 1.82) is 0 Å². The Morgan fingerprint density at radius 2 is 0.333 bits per heavy atom. The predicted molar refractivity (Wildman–Crippen MR) is 19.3 cm³/mol. The van der Waals surface area contributed by atoms with Crippen molar-refractivity contribution in [1.82, 2.24) is 0 Å². The van der Waals surface area contributed by atoms with Gasteiger partial charge in [0.15, 0.2) is 0 Å². The molecule has 0 aromatic carbocycles. The van der Waals surface area contributed by atoms with E-state index in [4.69, 9.17) is 0 Å². The Morgan fingerprint density at radius 3 is 0.333 bits per heavy atom. The van der Waals surface area contributed by atoms with Crippen molar-refractivity contribution < 1.29 is 21.9 Å². The summed E-state index contributed by atoms with van der Waals surface area (Å²) in [5, 5.41) is 0. The third-order valence-corrected chi connectivity index (χ3v) is 0. The van der Waals surface area contributed by atoms with E-state index in [0.717, 1.165) is 0 Å². The van der Waals surface area contributed by atoms with E-state index in [0.29, 0.717) is 0 Å². The topological polar surface area (TPSA) is 120 Å². The molecule has 0 fully saturated rings. The number of hydrogen-bond donors (Lipinski definition) is 0. The third kappa shape index (κ3) is 54.5. The zero-order valence-electron chi connectivity index (χ0n) is 3.20. The number of rotatable bonds is 0. The first kappa shape index (κ1) is 159. The van der Waals surface area contributed by atoms with Crippen LogP contribution in [0.15, 0.2) is 0 Å². The third-order valence-electron chi connectivity index (χ3n) is 0. The molecule has 0 radical (unpaired) electrons. The summed E-state index contributed by atoms with van der Waals surface area (Å²) in [5.41, 5.74) is 0. The second kappa shape index (κ2) is 97.6. The van der Waals surface area contributed by atoms with Crippen molar-refractivity contribution in [2.75, 3.05) is 0 Å². The van der Waals surface area contributed by atoms with Crippen molar-refractivity contribution in [3.05, 3.63) is 0 Å². The first-order valence-corrected chi connectivity index (χ1v) is 0. The summed E-state index contributed by atoms with van der Waals surface area (Å²) < 4.78 is 0. The van der Waals surface area contributed by atoms with Crippen LogP contribution in [0, 0.1) is 0 Å². The van der Waals surface area contributed by atoms with Gasteiger partial charge in [-0.3, -0.25) is 0 Å². The SMILES string of the molecule is [Mg+2].[Mg+2].[OH-].[OH-].[OH-].[OH-]. The first-order valence-electron chi connectivity index (χ1n) is 0. The van der Waals surface area contributed by atoms with Gasteiger partial charge in [0.1, 0.15) is 0 Å². The Balaban J connectivity index is 0. The first-order chi connectivity index (χ1) is 0. The fourth-order valence-electron chi connectivity index (χ4n) is 0. The van der Waals surface area contributed by atoms with Gasteiger partial charge in [0.2, 0.25) is 0 Å². The summed E-state index contributed by atoms with van der Waals surface area (Å²) in [5.74, 6) is 0. The minimum absolute atomic E-state index is 0. The van der Waals surface area contributed by atoms with E-state index in [1.807, 2.05) is 0 Å². The molecule has 0 heterocycles. The van der Waals surface area contributed by atoms with Gasteiger partial charge >= 0.3 is 46.1 Å². The maximum Gasteiger partial charge on any atom is 2.00 e. The Labute approximate surface area is 67.8 Å². The van der Waals surface area contributed by atoms with Crippen LogP contribution in [0.2, 0.25) is 0 Å². The maximum absolute atomic E-state index is 0. The van der Waals surface area contributed by atoms with Gasteiger partial charge in [-0.25, -0.2) is 0 Å². The average Bonchev–Trinajstić information content (AvgIpc) is 0. The molecule has 0 aliphatic heterocycles. The van der Waals surface area contributed by atoms with Crippen LogP contribution in [0.1, 0.15) is 0 Å². The number of hydrogen-bond acceptors (Lipinski definition) is 4. The minimum Gasteiger partial charge on any atom is -0.870 e. The van der Waals surface area contributed by atoms with Gasteiger partial charge in [-0.2, -0.15) is 0 Å². The van der Waals surface area contributed by atoms with Crippen molar-refractivity contribution in [3.63, 3.8) is 0 Å². The second-order valence-corrected chi connectivity index (χ2v) is 0. The summed E-state index contributed by atoms with van der Waals surface area (Å²) in [7, 11) is 0. The van der Waals surface area contributed by atoms with Gasteiger partial charge in [-0.05, 0) is 0 Å². The molecular weight excluding hydrogens is 113 g/mol. The van der Waals surface area contributed by atoms with Crippen LogP contribution in [0.25, 0.3) is 0 Å². The molecule has 0 spiro atoms. The van der Waals surface area contributed by atoms with E-state index in [9.17, 15) is 0 Å². The molecule has 6 heteroatoms. The fourth-order valence-corrected chi connectivity index (χ4v) is 0. The summed E-state index contributed by atoms with van der Waals surface area (Å²) >= 11 is 0. The van der Waals surface area contributed by atoms with Crippen LogP contribution in [-0.4, -0.2) is 68.0 Å². The molecule has 0 bridgehead atoms. The standard InChI is InChI=1S/2Mg.4H2O/h;;4*1H2/q2*+2;;;;/p-4. The molecule has 0 aromatic rings. The summed E-state index contributed by atoms with van der Waals surface area (Å²) in [6.45, 7) is 0. The largest absolute Gasteiger partial charge is 2.00 e. The quantitative estimate of drug-likeness (QED) is 0.359. The van der Waals surface area contributed by atoms with Crippen molar-refractivity contribution in [2.45, 2.75) is 0 Å². The van der Waals surface area contributed by atoms with Gasteiger partial charge in [0.05, 0.1) is 0 Å². The molecule has 0 saturated carbocycles. The zero-order valence-corrected chi connectivity index (χ0v) is 6.03. The van der Waals surface area contributed by atoms with Gasteiger partial charge in [0, 0.05) is 0 Å². The van der Waals surface area contributed by atoms with Crippen LogP contribution >= 0.6 is 0 Å². The van der Waals surface area contributed by atoms with E-state index in [-0.39, 0.29) is 68.0 Å². The molecule has 4 N–H and O–H groups in total. The Kier molecular flexibility index (Phi) is 2590. The molecule has 32 valence electrons. The molecule has 0 unspecified atom stereocenters. The maximum atomic E-state index is 0. The average molecular weight is 117 g/mol. The zero-order chi connectivity index (χ0) is 0. The van der Waals surface area contributed by atoms with Crippen LogP contribution in [0.5, 0.6) is 0 Å². The van der Waals surface area contributed by atoms with Crippen LogP contribution in [0.4, 0.5) is 0 Å². The fraction of sp³-hybridized carbons (Fsp3) is 0. The van der Waals surface area contributed by atoms with Gasteiger partial charge in [-0.15, -0.1) is 0 Å². The smallest absolute Gasteiger partial charge is 0.870 e. The minimum atomic E-state index is 0. The van der Waals surface area contributed by atoms with Gasteiger partial charge in [-0.1, -0.05) is 0 Å². The van der Waals surface area contributed by atoms with Crippen LogP contribution in [0.3, 0.4) is 0 Å². The molecule has 0 aromatic heterocycles. The summed E-state index contributed by atoms with van der Waals surface area (Å²) in [6, 6.07) is 0. The molecule has 0 aliphatic carbocycles. The Morgan fingerprint density at radius 1 is 0.333 bits per heavy atom. The molecule has 0 atom stereocenters. The molecule has 0 aliphatic rings.